The second-order valence-corrected chi connectivity index (χ2v) is 11.6. The molecule has 2 N–H and O–H groups in total. The van der Waals surface area contributed by atoms with Crippen LogP contribution in [0.5, 0.6) is 0 Å². The van der Waals surface area contributed by atoms with Crippen LogP contribution in [0.25, 0.3) is 0 Å². The number of alkyl halides is 6. The van der Waals surface area contributed by atoms with Crippen molar-refractivity contribution in [2.75, 3.05) is 10.6 Å². The SMILES string of the molecule is CC(=NC(C)c1ncc(C(=O)Nc2ccc(Cl)c(C(F)(F)F)c2)s1)c1ncc(CNc2cc(C(F)(F)F)c(Cl)cn2)s1. The zero-order valence-electron chi connectivity index (χ0n) is 21.4. The normalized spacial score (nSPS) is 13.2. The van der Waals surface area contributed by atoms with E-state index in [1.54, 1.807) is 20.0 Å². The number of aromatic nitrogens is 3. The highest BCUT2D eigenvalue weighted by atomic mass is 35.5. The number of hydrogen-bond donors (Lipinski definition) is 2. The van der Waals surface area contributed by atoms with Crippen LogP contribution < -0.4 is 10.6 Å². The molecule has 0 aliphatic carbocycles. The Balaban J connectivity index is 1.39. The third-order valence-corrected chi connectivity index (χ3v) is 8.39. The fourth-order valence-electron chi connectivity index (χ4n) is 3.49. The Bertz CT molecular complexity index is 1640. The molecule has 1 aromatic carbocycles. The molecule has 0 aliphatic heterocycles. The number of hydrogen-bond acceptors (Lipinski definition) is 8. The average molecular weight is 667 g/mol. The van der Waals surface area contributed by atoms with Gasteiger partial charge in [0.15, 0.2) is 0 Å². The summed E-state index contributed by atoms with van der Waals surface area (Å²) in [5, 5.41) is 5.30. The molecular formula is C25H18Cl2F6N6OS2. The molecular weight excluding hydrogens is 649 g/mol. The van der Waals surface area contributed by atoms with E-state index >= 15 is 0 Å². The molecule has 42 heavy (non-hydrogen) atoms. The fourth-order valence-corrected chi connectivity index (χ4v) is 5.53. The molecule has 1 amide bonds. The molecule has 0 saturated carbocycles. The molecule has 0 saturated heterocycles. The third-order valence-electron chi connectivity index (χ3n) is 5.49. The Morgan fingerprint density at radius 2 is 1.64 bits per heavy atom. The summed E-state index contributed by atoms with van der Waals surface area (Å²) < 4.78 is 78.6. The van der Waals surface area contributed by atoms with E-state index in [9.17, 15) is 31.1 Å². The van der Waals surface area contributed by atoms with Crippen LogP contribution in [0, 0.1) is 0 Å². The predicted molar refractivity (Wildman–Crippen MR) is 151 cm³/mol. The number of rotatable bonds is 8. The number of anilines is 2. The average Bonchev–Trinajstić information content (AvgIpc) is 3.58. The van der Waals surface area contributed by atoms with E-state index in [1.165, 1.54) is 23.6 Å². The Kier molecular flexibility index (Phi) is 9.45. The van der Waals surface area contributed by atoms with Gasteiger partial charge in [-0.1, -0.05) is 23.2 Å². The lowest BCUT2D eigenvalue weighted by atomic mass is 10.2. The second kappa shape index (κ2) is 12.5. The minimum absolute atomic E-state index is 0.00107. The van der Waals surface area contributed by atoms with Crippen molar-refractivity contribution >= 4 is 69.0 Å². The van der Waals surface area contributed by atoms with Crippen LogP contribution in [-0.2, 0) is 18.9 Å². The second-order valence-electron chi connectivity index (χ2n) is 8.63. The molecule has 0 spiro atoms. The van der Waals surface area contributed by atoms with Gasteiger partial charge in [-0.05, 0) is 38.1 Å². The van der Waals surface area contributed by atoms with Gasteiger partial charge in [0, 0.05) is 23.0 Å². The van der Waals surface area contributed by atoms with Gasteiger partial charge in [0.1, 0.15) is 20.7 Å². The molecule has 222 valence electrons. The summed E-state index contributed by atoms with van der Waals surface area (Å²) in [6.07, 6.45) is -5.50. The summed E-state index contributed by atoms with van der Waals surface area (Å²) in [7, 11) is 0. The molecule has 7 nitrogen and oxygen atoms in total. The van der Waals surface area contributed by atoms with Gasteiger partial charge in [-0.2, -0.15) is 26.3 Å². The number of nitrogens with one attached hydrogen (secondary N) is 2. The van der Waals surface area contributed by atoms with Gasteiger partial charge in [-0.15, -0.1) is 22.7 Å². The highest BCUT2D eigenvalue weighted by Gasteiger charge is 2.34. The minimum atomic E-state index is -4.68. The highest BCUT2D eigenvalue weighted by molar-refractivity contribution is 7.14. The van der Waals surface area contributed by atoms with Crippen LogP contribution in [0.3, 0.4) is 0 Å². The maximum absolute atomic E-state index is 13.1. The Morgan fingerprint density at radius 1 is 0.952 bits per heavy atom. The number of carbonyl (C=O) groups excluding carboxylic acids is 1. The van der Waals surface area contributed by atoms with Crippen molar-refractivity contribution in [1.82, 2.24) is 15.0 Å². The van der Waals surface area contributed by atoms with Crippen LogP contribution in [0.1, 0.15) is 55.6 Å². The summed E-state index contributed by atoms with van der Waals surface area (Å²) in [6, 6.07) is 3.42. The summed E-state index contributed by atoms with van der Waals surface area (Å²) in [5.74, 6) is -0.641. The number of pyridine rings is 1. The number of amides is 1. The minimum Gasteiger partial charge on any atom is -0.365 e. The van der Waals surface area contributed by atoms with E-state index in [0.717, 1.165) is 35.7 Å². The number of halogens is 8. The van der Waals surface area contributed by atoms with Crippen molar-refractivity contribution in [1.29, 1.82) is 0 Å². The summed E-state index contributed by atoms with van der Waals surface area (Å²) in [4.78, 5) is 30.5. The smallest absolute Gasteiger partial charge is 0.365 e. The Labute approximate surface area is 252 Å². The van der Waals surface area contributed by atoms with Crippen LogP contribution in [-0.4, -0.2) is 26.6 Å². The first kappa shape index (κ1) is 31.7. The largest absolute Gasteiger partial charge is 0.418 e. The topological polar surface area (TPSA) is 92.2 Å². The molecule has 4 aromatic rings. The van der Waals surface area contributed by atoms with E-state index in [-0.39, 0.29) is 22.9 Å². The van der Waals surface area contributed by atoms with Crippen molar-refractivity contribution in [2.45, 2.75) is 38.8 Å². The zero-order chi connectivity index (χ0) is 30.8. The van der Waals surface area contributed by atoms with Crippen LogP contribution in [0.15, 0.2) is 47.8 Å². The molecule has 4 rings (SSSR count). The zero-order valence-corrected chi connectivity index (χ0v) is 24.5. The first-order valence-electron chi connectivity index (χ1n) is 11.7. The Morgan fingerprint density at radius 3 is 2.33 bits per heavy atom. The fraction of sp³-hybridized carbons (Fsp3) is 0.240. The highest BCUT2D eigenvalue weighted by Crippen LogP contribution is 2.37. The first-order chi connectivity index (χ1) is 19.6. The number of thiazole rings is 2. The lowest BCUT2D eigenvalue weighted by Gasteiger charge is -2.11. The monoisotopic (exact) mass is 666 g/mol. The summed E-state index contributed by atoms with van der Waals surface area (Å²) >= 11 is 13.5. The number of aliphatic imine (C=N–C) groups is 1. The molecule has 17 heteroatoms. The van der Waals surface area contributed by atoms with Gasteiger partial charge in [0.2, 0.25) is 0 Å². The van der Waals surface area contributed by atoms with Crippen LogP contribution in [0.2, 0.25) is 10.0 Å². The van der Waals surface area contributed by atoms with Crippen molar-refractivity contribution in [3.8, 4) is 0 Å². The van der Waals surface area contributed by atoms with Gasteiger partial charge in [-0.25, -0.2) is 15.0 Å². The molecule has 0 aliphatic rings. The quantitative estimate of drug-likeness (QED) is 0.145. The third kappa shape index (κ3) is 7.76. The van der Waals surface area contributed by atoms with Gasteiger partial charge in [-0.3, -0.25) is 9.79 Å². The first-order valence-corrected chi connectivity index (χ1v) is 14.1. The van der Waals surface area contributed by atoms with Crippen molar-refractivity contribution in [3.05, 3.63) is 83.8 Å². The molecule has 0 bridgehead atoms. The van der Waals surface area contributed by atoms with E-state index in [0.29, 0.717) is 20.6 Å². The van der Waals surface area contributed by atoms with E-state index in [1.807, 2.05) is 0 Å². The molecule has 1 unspecified atom stereocenters. The van der Waals surface area contributed by atoms with Crippen LogP contribution >= 0.6 is 45.9 Å². The molecule has 3 heterocycles. The standard InChI is InChI=1S/C25H18Cl2F6N6OS2/c1-11(22-36-8-14(41-22)7-34-20-6-16(25(31,32)33)18(27)9-35-20)38-12(2)23-37-10-19(42-23)21(40)39-13-3-4-17(26)15(5-13)24(28,29)30/h3-6,8-10,12H,7H2,1-2H3,(H,34,35)(H,39,40). The summed E-state index contributed by atoms with van der Waals surface area (Å²) in [6.45, 7) is 3.64. The van der Waals surface area contributed by atoms with Crippen molar-refractivity contribution in [2.24, 2.45) is 4.99 Å². The van der Waals surface area contributed by atoms with Crippen molar-refractivity contribution in [3.63, 3.8) is 0 Å². The maximum Gasteiger partial charge on any atom is 0.418 e. The Hall–Kier alpha value is -3.27. The van der Waals surface area contributed by atoms with E-state index < -0.39 is 45.5 Å². The van der Waals surface area contributed by atoms with Gasteiger partial charge in [0.05, 0.1) is 45.7 Å². The lowest BCUT2D eigenvalue weighted by molar-refractivity contribution is -0.138. The number of nitrogens with zero attached hydrogens (tertiary/aromatic N) is 4. The van der Waals surface area contributed by atoms with E-state index in [2.05, 4.69) is 30.6 Å². The number of benzene rings is 1. The van der Waals surface area contributed by atoms with Gasteiger partial charge in [0.25, 0.3) is 5.91 Å². The van der Waals surface area contributed by atoms with Crippen LogP contribution in [0.4, 0.5) is 37.8 Å². The van der Waals surface area contributed by atoms with E-state index in [4.69, 9.17) is 23.2 Å². The van der Waals surface area contributed by atoms with Crippen molar-refractivity contribution < 1.29 is 31.1 Å². The lowest BCUT2D eigenvalue weighted by Crippen LogP contribution is -2.12. The van der Waals surface area contributed by atoms with Gasteiger partial charge < -0.3 is 10.6 Å². The summed E-state index contributed by atoms with van der Waals surface area (Å²) in [5.41, 5.74) is -1.57. The van der Waals surface area contributed by atoms with Gasteiger partial charge >= 0.3 is 12.4 Å². The molecule has 1 atom stereocenters. The molecule has 0 fully saturated rings. The predicted octanol–water partition coefficient (Wildman–Crippen LogP) is 8.77. The molecule has 0 radical (unpaired) electrons. The maximum atomic E-state index is 13.1. The molecule has 3 aromatic heterocycles. The number of carbonyl (C=O) groups is 1.